The molecule has 1 aliphatic rings. The standard InChI is InChI=1S/C6H10NO/c1-5-3-4-7(2)6(5)8/h3-4H2,1-2H3. The summed E-state index contributed by atoms with van der Waals surface area (Å²) < 4.78 is 0. The highest BCUT2D eigenvalue weighted by Crippen LogP contribution is 2.16. The number of carbonyl (C=O) groups is 1. The van der Waals surface area contributed by atoms with Crippen molar-refractivity contribution in [2.75, 3.05) is 13.6 Å². The Labute approximate surface area is 49.5 Å². The van der Waals surface area contributed by atoms with Crippen molar-refractivity contribution in [2.45, 2.75) is 13.3 Å². The zero-order valence-corrected chi connectivity index (χ0v) is 5.27. The van der Waals surface area contributed by atoms with E-state index in [4.69, 9.17) is 0 Å². The van der Waals surface area contributed by atoms with Crippen LogP contribution in [0.3, 0.4) is 0 Å². The lowest BCUT2D eigenvalue weighted by Gasteiger charge is -2.05. The first-order valence-electron chi connectivity index (χ1n) is 2.79. The van der Waals surface area contributed by atoms with E-state index in [1.165, 1.54) is 0 Å². The van der Waals surface area contributed by atoms with Crippen LogP contribution in [0.25, 0.3) is 0 Å². The fourth-order valence-corrected chi connectivity index (χ4v) is 0.870. The van der Waals surface area contributed by atoms with Gasteiger partial charge in [-0.15, -0.1) is 0 Å². The highest BCUT2D eigenvalue weighted by atomic mass is 16.2. The van der Waals surface area contributed by atoms with Gasteiger partial charge in [0.15, 0.2) is 0 Å². The second-order valence-corrected chi connectivity index (χ2v) is 2.26. The van der Waals surface area contributed by atoms with Gasteiger partial charge in [0, 0.05) is 13.6 Å². The van der Waals surface area contributed by atoms with Crippen molar-refractivity contribution in [3.05, 3.63) is 5.92 Å². The summed E-state index contributed by atoms with van der Waals surface area (Å²) in [5, 5.41) is 0. The fourth-order valence-electron chi connectivity index (χ4n) is 0.870. The van der Waals surface area contributed by atoms with Crippen molar-refractivity contribution in [2.24, 2.45) is 0 Å². The molecule has 2 heteroatoms. The van der Waals surface area contributed by atoms with Gasteiger partial charge < -0.3 is 4.90 Å². The predicted molar refractivity (Wildman–Crippen MR) is 31.2 cm³/mol. The van der Waals surface area contributed by atoms with E-state index in [-0.39, 0.29) is 5.91 Å². The Morgan fingerprint density at radius 1 is 1.62 bits per heavy atom. The van der Waals surface area contributed by atoms with Crippen LogP contribution in [0.15, 0.2) is 0 Å². The molecule has 0 aromatic heterocycles. The number of likely N-dealkylation sites (tertiary alicyclic amines) is 1. The van der Waals surface area contributed by atoms with Gasteiger partial charge in [0.25, 0.3) is 0 Å². The minimum absolute atomic E-state index is 0.213. The molecule has 0 N–H and O–H groups in total. The van der Waals surface area contributed by atoms with Crippen molar-refractivity contribution in [1.82, 2.24) is 4.90 Å². The average molecular weight is 112 g/mol. The van der Waals surface area contributed by atoms with Crippen LogP contribution in [0, 0.1) is 5.92 Å². The molecule has 1 heterocycles. The summed E-state index contributed by atoms with van der Waals surface area (Å²) in [6, 6.07) is 0. The first-order chi connectivity index (χ1) is 3.72. The number of amides is 1. The van der Waals surface area contributed by atoms with Gasteiger partial charge in [0.05, 0.1) is 5.92 Å². The molecule has 45 valence electrons. The molecule has 0 spiro atoms. The molecule has 1 amide bonds. The smallest absolute Gasteiger partial charge is 0.229 e. The summed E-state index contributed by atoms with van der Waals surface area (Å²) in [5.41, 5.74) is 0. The van der Waals surface area contributed by atoms with Crippen LogP contribution in [0.5, 0.6) is 0 Å². The van der Waals surface area contributed by atoms with Crippen LogP contribution < -0.4 is 0 Å². The van der Waals surface area contributed by atoms with Crippen LogP contribution in [0.2, 0.25) is 0 Å². The maximum atomic E-state index is 10.8. The van der Waals surface area contributed by atoms with E-state index < -0.39 is 0 Å². The predicted octanol–water partition coefficient (Wildman–Crippen LogP) is 0.443. The molecule has 0 bridgehead atoms. The van der Waals surface area contributed by atoms with Crippen molar-refractivity contribution in [1.29, 1.82) is 0 Å². The zero-order valence-electron chi connectivity index (χ0n) is 5.27. The third kappa shape index (κ3) is 0.703. The second-order valence-electron chi connectivity index (χ2n) is 2.26. The van der Waals surface area contributed by atoms with Gasteiger partial charge in [0.2, 0.25) is 5.91 Å². The first-order valence-corrected chi connectivity index (χ1v) is 2.79. The summed E-state index contributed by atoms with van der Waals surface area (Å²) in [7, 11) is 1.83. The van der Waals surface area contributed by atoms with Gasteiger partial charge >= 0.3 is 0 Å². The quantitative estimate of drug-likeness (QED) is 0.445. The van der Waals surface area contributed by atoms with Crippen LogP contribution in [0.4, 0.5) is 0 Å². The molecule has 0 saturated carbocycles. The third-order valence-electron chi connectivity index (χ3n) is 1.53. The molecule has 1 saturated heterocycles. The highest BCUT2D eigenvalue weighted by Gasteiger charge is 2.24. The molecular formula is C6H10NO. The lowest BCUT2D eigenvalue weighted by atomic mass is 10.1. The first kappa shape index (κ1) is 5.60. The van der Waals surface area contributed by atoms with E-state index in [9.17, 15) is 4.79 Å². The Kier molecular flexibility index (Phi) is 1.24. The highest BCUT2D eigenvalue weighted by molar-refractivity contribution is 5.91. The van der Waals surface area contributed by atoms with E-state index >= 15 is 0 Å². The van der Waals surface area contributed by atoms with Crippen LogP contribution >= 0.6 is 0 Å². The monoisotopic (exact) mass is 112 g/mol. The normalized spacial score (nSPS) is 22.8. The van der Waals surface area contributed by atoms with E-state index in [0.29, 0.717) is 0 Å². The number of hydrogen-bond acceptors (Lipinski definition) is 1. The van der Waals surface area contributed by atoms with Crippen molar-refractivity contribution >= 4 is 5.91 Å². The summed E-state index contributed by atoms with van der Waals surface area (Å²) in [6.07, 6.45) is 0.954. The molecule has 1 fully saturated rings. The molecule has 8 heavy (non-hydrogen) atoms. The molecule has 1 aliphatic heterocycles. The molecular weight excluding hydrogens is 102 g/mol. The maximum Gasteiger partial charge on any atom is 0.229 e. The van der Waals surface area contributed by atoms with Gasteiger partial charge in [-0.05, 0) is 13.3 Å². The van der Waals surface area contributed by atoms with Crippen LogP contribution in [-0.4, -0.2) is 24.4 Å². The number of hydrogen-bond donors (Lipinski definition) is 0. The van der Waals surface area contributed by atoms with Crippen molar-refractivity contribution in [3.63, 3.8) is 0 Å². The Morgan fingerprint density at radius 3 is 2.38 bits per heavy atom. The summed E-state index contributed by atoms with van der Waals surface area (Å²) in [6.45, 7) is 2.80. The third-order valence-corrected chi connectivity index (χ3v) is 1.53. The van der Waals surface area contributed by atoms with E-state index in [2.05, 4.69) is 0 Å². The van der Waals surface area contributed by atoms with Gasteiger partial charge in [-0.1, -0.05) is 0 Å². The molecule has 2 nitrogen and oxygen atoms in total. The Bertz CT molecular complexity index is 99.1. The fraction of sp³-hybridized carbons (Fsp3) is 0.667. The van der Waals surface area contributed by atoms with Crippen LogP contribution in [-0.2, 0) is 4.79 Å². The summed E-state index contributed by atoms with van der Waals surface area (Å²) in [5.74, 6) is 1.21. The minimum atomic E-state index is 0.213. The molecule has 0 aromatic rings. The topological polar surface area (TPSA) is 20.3 Å². The summed E-state index contributed by atoms with van der Waals surface area (Å²) >= 11 is 0. The zero-order chi connectivity index (χ0) is 6.15. The molecule has 0 aromatic carbocycles. The largest absolute Gasteiger partial charge is 0.345 e. The average Bonchev–Trinajstić information content (AvgIpc) is 1.98. The van der Waals surface area contributed by atoms with Gasteiger partial charge in [0.1, 0.15) is 0 Å². The molecule has 1 radical (unpaired) electrons. The maximum absolute atomic E-state index is 10.8. The Hall–Kier alpha value is -0.530. The number of carbonyl (C=O) groups excluding carboxylic acids is 1. The molecule has 0 atom stereocenters. The lowest BCUT2D eigenvalue weighted by molar-refractivity contribution is -0.125. The van der Waals surface area contributed by atoms with Gasteiger partial charge in [-0.2, -0.15) is 0 Å². The lowest BCUT2D eigenvalue weighted by Crippen LogP contribution is -2.20. The molecule has 1 rings (SSSR count). The van der Waals surface area contributed by atoms with Crippen molar-refractivity contribution in [3.8, 4) is 0 Å². The Morgan fingerprint density at radius 2 is 2.25 bits per heavy atom. The van der Waals surface area contributed by atoms with Gasteiger partial charge in [-0.3, -0.25) is 4.79 Å². The minimum Gasteiger partial charge on any atom is -0.345 e. The molecule has 0 aliphatic carbocycles. The van der Waals surface area contributed by atoms with Gasteiger partial charge in [-0.25, -0.2) is 0 Å². The van der Waals surface area contributed by atoms with Crippen molar-refractivity contribution < 1.29 is 4.79 Å². The number of rotatable bonds is 0. The second kappa shape index (κ2) is 1.77. The van der Waals surface area contributed by atoms with E-state index in [1.807, 2.05) is 14.0 Å². The summed E-state index contributed by atoms with van der Waals surface area (Å²) in [4.78, 5) is 12.5. The number of nitrogens with zero attached hydrogens (tertiary/aromatic N) is 1. The molecule has 0 unspecified atom stereocenters. The SMILES string of the molecule is C[C]1CCN(C)C1=O. The van der Waals surface area contributed by atoms with E-state index in [1.54, 1.807) is 4.90 Å². The van der Waals surface area contributed by atoms with Crippen LogP contribution in [0.1, 0.15) is 13.3 Å². The van der Waals surface area contributed by atoms with E-state index in [0.717, 1.165) is 18.9 Å². The Balaban J connectivity index is 2.57.